The van der Waals surface area contributed by atoms with Crippen LogP contribution >= 0.6 is 0 Å². The number of amides is 2. The maximum atomic E-state index is 11.4. The SMILES string of the molecule is O=C(O)COCCNC(=O)C1CCC(=O)N1. The molecule has 90 valence electrons. The fourth-order valence-corrected chi connectivity index (χ4v) is 1.34. The Morgan fingerprint density at radius 1 is 1.56 bits per heavy atom. The Bertz CT molecular complexity index is 292. The molecule has 1 atom stereocenters. The fraction of sp³-hybridized carbons (Fsp3) is 0.667. The predicted octanol–water partition coefficient (Wildman–Crippen LogP) is -1.52. The monoisotopic (exact) mass is 230 g/mol. The van der Waals surface area contributed by atoms with E-state index in [1.165, 1.54) is 0 Å². The predicted molar refractivity (Wildman–Crippen MR) is 52.6 cm³/mol. The number of carbonyl (C=O) groups is 3. The Hall–Kier alpha value is -1.63. The van der Waals surface area contributed by atoms with Crippen LogP contribution < -0.4 is 10.6 Å². The number of carboxylic acids is 1. The van der Waals surface area contributed by atoms with E-state index in [0.29, 0.717) is 12.8 Å². The van der Waals surface area contributed by atoms with Crippen molar-refractivity contribution in [1.82, 2.24) is 10.6 Å². The summed E-state index contributed by atoms with van der Waals surface area (Å²) in [4.78, 5) is 32.3. The largest absolute Gasteiger partial charge is 0.480 e. The molecule has 1 saturated heterocycles. The lowest BCUT2D eigenvalue weighted by Crippen LogP contribution is -2.42. The van der Waals surface area contributed by atoms with E-state index >= 15 is 0 Å². The maximum Gasteiger partial charge on any atom is 0.329 e. The molecule has 7 heteroatoms. The first-order valence-electron chi connectivity index (χ1n) is 4.96. The molecule has 1 rings (SSSR count). The van der Waals surface area contributed by atoms with Gasteiger partial charge in [0.25, 0.3) is 0 Å². The second kappa shape index (κ2) is 6.06. The second-order valence-corrected chi connectivity index (χ2v) is 3.40. The van der Waals surface area contributed by atoms with Crippen molar-refractivity contribution in [2.45, 2.75) is 18.9 Å². The number of hydrogen-bond donors (Lipinski definition) is 3. The van der Waals surface area contributed by atoms with Gasteiger partial charge in [-0.3, -0.25) is 9.59 Å². The summed E-state index contributed by atoms with van der Waals surface area (Å²) >= 11 is 0. The number of carboxylic acid groups (broad SMARTS) is 1. The Labute approximate surface area is 92.1 Å². The third kappa shape index (κ3) is 4.26. The number of nitrogens with one attached hydrogen (secondary N) is 2. The molecular weight excluding hydrogens is 216 g/mol. The van der Waals surface area contributed by atoms with Crippen molar-refractivity contribution in [2.75, 3.05) is 19.8 Å². The van der Waals surface area contributed by atoms with Crippen molar-refractivity contribution in [3.8, 4) is 0 Å². The molecule has 0 aromatic heterocycles. The number of rotatable bonds is 6. The van der Waals surface area contributed by atoms with E-state index in [1.807, 2.05) is 0 Å². The Morgan fingerprint density at radius 2 is 2.31 bits per heavy atom. The van der Waals surface area contributed by atoms with Gasteiger partial charge in [-0.05, 0) is 6.42 Å². The van der Waals surface area contributed by atoms with Crippen molar-refractivity contribution < 1.29 is 24.2 Å². The zero-order chi connectivity index (χ0) is 12.0. The van der Waals surface area contributed by atoms with Gasteiger partial charge in [0.05, 0.1) is 6.61 Å². The molecule has 0 spiro atoms. The molecule has 0 bridgehead atoms. The average molecular weight is 230 g/mol. The van der Waals surface area contributed by atoms with Gasteiger partial charge in [-0.15, -0.1) is 0 Å². The van der Waals surface area contributed by atoms with Crippen LogP contribution in [0, 0.1) is 0 Å². The van der Waals surface area contributed by atoms with Crippen LogP contribution in [0.4, 0.5) is 0 Å². The lowest BCUT2D eigenvalue weighted by Gasteiger charge is -2.10. The smallest absolute Gasteiger partial charge is 0.329 e. The van der Waals surface area contributed by atoms with Gasteiger partial charge in [-0.1, -0.05) is 0 Å². The first kappa shape index (κ1) is 12.4. The molecule has 0 saturated carbocycles. The lowest BCUT2D eigenvalue weighted by molar-refractivity contribution is -0.142. The minimum atomic E-state index is -1.05. The summed E-state index contributed by atoms with van der Waals surface area (Å²) in [6.07, 6.45) is 0.869. The highest BCUT2D eigenvalue weighted by atomic mass is 16.5. The van der Waals surface area contributed by atoms with Crippen molar-refractivity contribution in [2.24, 2.45) is 0 Å². The molecule has 1 heterocycles. The average Bonchev–Trinajstić information content (AvgIpc) is 2.63. The van der Waals surface area contributed by atoms with Crippen LogP contribution in [0.5, 0.6) is 0 Å². The van der Waals surface area contributed by atoms with Gasteiger partial charge in [0, 0.05) is 13.0 Å². The van der Waals surface area contributed by atoms with Crippen LogP contribution in [0.25, 0.3) is 0 Å². The summed E-state index contributed by atoms with van der Waals surface area (Å²) in [5.41, 5.74) is 0. The molecule has 16 heavy (non-hydrogen) atoms. The molecule has 0 radical (unpaired) electrons. The van der Waals surface area contributed by atoms with Gasteiger partial charge in [-0.2, -0.15) is 0 Å². The fourth-order valence-electron chi connectivity index (χ4n) is 1.34. The maximum absolute atomic E-state index is 11.4. The Balaban J connectivity index is 2.06. The molecule has 1 unspecified atom stereocenters. The van der Waals surface area contributed by atoms with Gasteiger partial charge >= 0.3 is 5.97 Å². The van der Waals surface area contributed by atoms with E-state index < -0.39 is 12.0 Å². The van der Waals surface area contributed by atoms with E-state index in [2.05, 4.69) is 10.6 Å². The molecule has 3 N–H and O–H groups in total. The lowest BCUT2D eigenvalue weighted by atomic mass is 10.2. The topological polar surface area (TPSA) is 105 Å². The first-order chi connectivity index (χ1) is 7.59. The van der Waals surface area contributed by atoms with E-state index in [9.17, 15) is 14.4 Å². The molecule has 7 nitrogen and oxygen atoms in total. The molecule has 0 aromatic rings. The molecule has 1 aliphatic heterocycles. The summed E-state index contributed by atoms with van der Waals surface area (Å²) in [7, 11) is 0. The molecule has 0 aromatic carbocycles. The molecule has 1 fully saturated rings. The quantitative estimate of drug-likeness (QED) is 0.481. The highest BCUT2D eigenvalue weighted by Crippen LogP contribution is 2.05. The van der Waals surface area contributed by atoms with Crippen molar-refractivity contribution in [3.05, 3.63) is 0 Å². The molecular formula is C9H14N2O5. The van der Waals surface area contributed by atoms with E-state index in [0.717, 1.165) is 0 Å². The summed E-state index contributed by atoms with van der Waals surface area (Å²) < 4.78 is 4.73. The van der Waals surface area contributed by atoms with Gasteiger partial charge in [-0.25, -0.2) is 4.79 Å². The van der Waals surface area contributed by atoms with E-state index in [1.54, 1.807) is 0 Å². The van der Waals surface area contributed by atoms with Crippen LogP contribution in [-0.2, 0) is 19.1 Å². The minimum Gasteiger partial charge on any atom is -0.480 e. The van der Waals surface area contributed by atoms with Crippen LogP contribution in [0.3, 0.4) is 0 Å². The normalized spacial score (nSPS) is 19.2. The van der Waals surface area contributed by atoms with E-state index in [4.69, 9.17) is 9.84 Å². The minimum absolute atomic E-state index is 0.123. The second-order valence-electron chi connectivity index (χ2n) is 3.40. The number of aliphatic carboxylic acids is 1. The number of hydrogen-bond acceptors (Lipinski definition) is 4. The van der Waals surface area contributed by atoms with Crippen molar-refractivity contribution in [3.63, 3.8) is 0 Å². The van der Waals surface area contributed by atoms with E-state index in [-0.39, 0.29) is 31.6 Å². The Kier molecular flexibility index (Phi) is 4.71. The van der Waals surface area contributed by atoms with Crippen LogP contribution in [-0.4, -0.2) is 48.7 Å². The highest BCUT2D eigenvalue weighted by molar-refractivity contribution is 5.90. The summed E-state index contributed by atoms with van der Waals surface area (Å²) in [6, 6.07) is -0.466. The van der Waals surface area contributed by atoms with Crippen molar-refractivity contribution in [1.29, 1.82) is 0 Å². The zero-order valence-corrected chi connectivity index (χ0v) is 8.69. The summed E-state index contributed by atoms with van der Waals surface area (Å²) in [5, 5.41) is 13.3. The van der Waals surface area contributed by atoms with Gasteiger partial charge in [0.2, 0.25) is 11.8 Å². The molecule has 2 amide bonds. The third-order valence-electron chi connectivity index (χ3n) is 2.08. The summed E-state index contributed by atoms with van der Waals surface area (Å²) in [5.74, 6) is -1.43. The zero-order valence-electron chi connectivity index (χ0n) is 8.69. The van der Waals surface area contributed by atoms with Crippen LogP contribution in [0.15, 0.2) is 0 Å². The van der Waals surface area contributed by atoms with Gasteiger partial charge in [0.15, 0.2) is 0 Å². The van der Waals surface area contributed by atoms with Crippen LogP contribution in [0.2, 0.25) is 0 Å². The molecule has 0 aliphatic carbocycles. The number of carbonyl (C=O) groups excluding carboxylic acids is 2. The molecule has 1 aliphatic rings. The first-order valence-corrected chi connectivity index (χ1v) is 4.96. The van der Waals surface area contributed by atoms with Crippen molar-refractivity contribution >= 4 is 17.8 Å². The van der Waals surface area contributed by atoms with Gasteiger partial charge < -0.3 is 20.5 Å². The standard InChI is InChI=1S/C9H14N2O5/c12-7-2-1-6(11-7)9(15)10-3-4-16-5-8(13)14/h6H,1-5H2,(H,10,15)(H,11,12)(H,13,14). The highest BCUT2D eigenvalue weighted by Gasteiger charge is 2.26. The summed E-state index contributed by atoms with van der Waals surface area (Å²) in [6.45, 7) is -0.00672. The third-order valence-corrected chi connectivity index (χ3v) is 2.08. The van der Waals surface area contributed by atoms with Crippen LogP contribution in [0.1, 0.15) is 12.8 Å². The Morgan fingerprint density at radius 3 is 2.88 bits per heavy atom. The van der Waals surface area contributed by atoms with Gasteiger partial charge in [0.1, 0.15) is 12.6 Å². The number of ether oxygens (including phenoxy) is 1.